The Morgan fingerprint density at radius 1 is 1.15 bits per heavy atom. The quantitative estimate of drug-likeness (QED) is 0.787. The number of carbonyl (C=O) groups is 2. The van der Waals surface area contributed by atoms with E-state index in [2.05, 4.69) is 10.2 Å². The van der Waals surface area contributed by atoms with Crippen molar-refractivity contribution >= 4 is 11.9 Å². The Balaban J connectivity index is 1.75. The highest BCUT2D eigenvalue weighted by molar-refractivity contribution is 5.97. The van der Waals surface area contributed by atoms with Gasteiger partial charge in [0.05, 0.1) is 13.2 Å². The van der Waals surface area contributed by atoms with Crippen molar-refractivity contribution in [3.63, 3.8) is 0 Å². The molecule has 1 heterocycles. The average Bonchev–Trinajstić information content (AvgIpc) is 2.56. The van der Waals surface area contributed by atoms with Gasteiger partial charge in [-0.1, -0.05) is 0 Å². The molecule has 1 aromatic rings. The maximum absolute atomic E-state index is 12.4. The summed E-state index contributed by atoms with van der Waals surface area (Å²) in [5, 5.41) is 2.91. The number of benzene rings is 1. The van der Waals surface area contributed by atoms with E-state index in [1.165, 1.54) is 0 Å². The van der Waals surface area contributed by atoms with Gasteiger partial charge < -0.3 is 14.8 Å². The van der Waals surface area contributed by atoms with Crippen molar-refractivity contribution in [3.8, 4) is 5.75 Å². The van der Waals surface area contributed by atoms with E-state index >= 15 is 0 Å². The highest BCUT2D eigenvalue weighted by Gasteiger charge is 2.24. The molecule has 1 N–H and O–H groups in total. The highest BCUT2D eigenvalue weighted by Crippen LogP contribution is 2.15. The third-order valence-corrected chi connectivity index (χ3v) is 4.16. The van der Waals surface area contributed by atoms with Crippen molar-refractivity contribution in [2.45, 2.75) is 52.2 Å². The van der Waals surface area contributed by atoms with Gasteiger partial charge in [0.1, 0.15) is 11.4 Å². The molecule has 6 nitrogen and oxygen atoms in total. The lowest BCUT2D eigenvalue weighted by Gasteiger charge is -2.32. The summed E-state index contributed by atoms with van der Waals surface area (Å²) in [5.41, 5.74) is 0.206. The maximum Gasteiger partial charge on any atom is 0.407 e. The maximum atomic E-state index is 12.4. The third-order valence-electron chi connectivity index (χ3n) is 4.16. The van der Waals surface area contributed by atoms with Crippen LogP contribution in [0.2, 0.25) is 0 Å². The summed E-state index contributed by atoms with van der Waals surface area (Å²) in [6.45, 7) is 10.0. The molecule has 0 aliphatic carbocycles. The Hall–Kier alpha value is -2.08. The van der Waals surface area contributed by atoms with Crippen molar-refractivity contribution in [2.75, 3.05) is 26.2 Å². The van der Waals surface area contributed by atoms with E-state index in [1.54, 1.807) is 0 Å². The van der Waals surface area contributed by atoms with E-state index < -0.39 is 5.60 Å². The van der Waals surface area contributed by atoms with Gasteiger partial charge in [-0.3, -0.25) is 9.69 Å². The Kier molecular flexibility index (Phi) is 7.03. The third kappa shape index (κ3) is 6.67. The highest BCUT2D eigenvalue weighted by atomic mass is 16.6. The zero-order valence-corrected chi connectivity index (χ0v) is 16.2. The van der Waals surface area contributed by atoms with Crippen molar-refractivity contribution < 1.29 is 19.1 Å². The van der Waals surface area contributed by atoms with Crippen LogP contribution in [0, 0.1) is 0 Å². The molecule has 0 unspecified atom stereocenters. The fraction of sp³-hybridized carbons (Fsp3) is 0.600. The minimum Gasteiger partial charge on any atom is -0.494 e. The Morgan fingerprint density at radius 3 is 2.31 bits per heavy atom. The summed E-state index contributed by atoms with van der Waals surface area (Å²) in [5.74, 6) is 0.879. The second kappa shape index (κ2) is 9.03. The largest absolute Gasteiger partial charge is 0.494 e. The number of hydrogen-bond donors (Lipinski definition) is 1. The molecule has 1 fully saturated rings. The first kappa shape index (κ1) is 20.2. The van der Waals surface area contributed by atoms with Gasteiger partial charge in [-0.05, 0) is 64.8 Å². The Bertz CT molecular complexity index is 599. The summed E-state index contributed by atoms with van der Waals surface area (Å²) < 4.78 is 10.7. The minimum atomic E-state index is -0.491. The molecule has 0 bridgehead atoms. The van der Waals surface area contributed by atoms with Crippen molar-refractivity contribution in [1.82, 2.24) is 10.2 Å². The van der Waals surface area contributed by atoms with Gasteiger partial charge in [0.2, 0.25) is 0 Å². The van der Waals surface area contributed by atoms with E-state index in [-0.39, 0.29) is 17.9 Å². The van der Waals surface area contributed by atoms with Gasteiger partial charge in [0, 0.05) is 24.7 Å². The number of Topliss-reactive ketones (excluding diaryl/α,β-unsaturated/α-hetero) is 1. The minimum absolute atomic E-state index is 0.0988. The van der Waals surface area contributed by atoms with Gasteiger partial charge in [-0.25, -0.2) is 4.79 Å². The van der Waals surface area contributed by atoms with Gasteiger partial charge in [0.25, 0.3) is 0 Å². The first-order valence-corrected chi connectivity index (χ1v) is 9.25. The number of ether oxygens (including phenoxy) is 2. The zero-order chi connectivity index (χ0) is 19.2. The van der Waals surface area contributed by atoms with Crippen molar-refractivity contribution in [2.24, 2.45) is 0 Å². The Labute approximate surface area is 155 Å². The number of amides is 1. The van der Waals surface area contributed by atoms with Crippen LogP contribution in [-0.2, 0) is 4.74 Å². The number of ketones is 1. The van der Waals surface area contributed by atoms with Crippen LogP contribution in [0.25, 0.3) is 0 Å². The molecule has 0 spiro atoms. The van der Waals surface area contributed by atoms with Crippen LogP contribution < -0.4 is 10.1 Å². The van der Waals surface area contributed by atoms with Crippen molar-refractivity contribution in [1.29, 1.82) is 0 Å². The molecule has 6 heteroatoms. The van der Waals surface area contributed by atoms with Gasteiger partial charge >= 0.3 is 6.09 Å². The molecule has 144 valence electrons. The van der Waals surface area contributed by atoms with E-state index in [0.717, 1.165) is 31.7 Å². The number of rotatable bonds is 6. The molecular formula is C20H30N2O4. The van der Waals surface area contributed by atoms with Crippen molar-refractivity contribution in [3.05, 3.63) is 29.8 Å². The number of alkyl carbamates (subject to hydrolysis) is 1. The molecule has 1 amide bonds. The fourth-order valence-corrected chi connectivity index (χ4v) is 2.91. The molecule has 1 aromatic carbocycles. The molecular weight excluding hydrogens is 332 g/mol. The van der Waals surface area contributed by atoms with Crippen LogP contribution in [0.3, 0.4) is 0 Å². The number of nitrogens with zero attached hydrogens (tertiary/aromatic N) is 1. The number of nitrogens with one attached hydrogen (secondary N) is 1. The molecule has 26 heavy (non-hydrogen) atoms. The number of piperidine rings is 1. The van der Waals surface area contributed by atoms with E-state index in [1.807, 2.05) is 52.0 Å². The summed E-state index contributed by atoms with van der Waals surface area (Å²) in [4.78, 5) is 26.4. The molecule has 2 rings (SSSR count). The normalized spacial score (nSPS) is 16.2. The van der Waals surface area contributed by atoms with Crippen LogP contribution >= 0.6 is 0 Å². The topological polar surface area (TPSA) is 67.9 Å². The molecule has 0 saturated carbocycles. The Morgan fingerprint density at radius 2 is 1.77 bits per heavy atom. The molecule has 1 saturated heterocycles. The molecule has 1 aliphatic rings. The lowest BCUT2D eigenvalue weighted by Crippen LogP contribution is -2.47. The standard InChI is InChI=1S/C20H30N2O4/c1-5-25-17-8-6-15(7-9-17)18(23)14-22-12-10-16(11-13-22)21-19(24)26-20(2,3)4/h6-9,16H,5,10-14H2,1-4H3,(H,21,24). The molecule has 0 aromatic heterocycles. The van der Waals surface area contributed by atoms with Gasteiger partial charge in [-0.15, -0.1) is 0 Å². The summed E-state index contributed by atoms with van der Waals surface area (Å²) in [6, 6.07) is 7.37. The lowest BCUT2D eigenvalue weighted by molar-refractivity contribution is 0.0476. The average molecular weight is 362 g/mol. The first-order valence-electron chi connectivity index (χ1n) is 9.25. The van der Waals surface area contributed by atoms with E-state index in [4.69, 9.17) is 9.47 Å². The molecule has 1 aliphatic heterocycles. The van der Waals surface area contributed by atoms with Crippen LogP contribution in [-0.4, -0.2) is 54.7 Å². The summed E-state index contributed by atoms with van der Waals surface area (Å²) in [7, 11) is 0. The first-order chi connectivity index (χ1) is 12.3. The fourth-order valence-electron chi connectivity index (χ4n) is 2.91. The molecule has 0 radical (unpaired) electrons. The summed E-state index contributed by atoms with van der Waals surface area (Å²) in [6.07, 6.45) is 1.26. The van der Waals surface area contributed by atoms with E-state index in [9.17, 15) is 9.59 Å². The van der Waals surface area contributed by atoms with Crippen LogP contribution in [0.15, 0.2) is 24.3 Å². The monoisotopic (exact) mass is 362 g/mol. The van der Waals surface area contributed by atoms with Crippen LogP contribution in [0.5, 0.6) is 5.75 Å². The number of carbonyl (C=O) groups excluding carboxylic acids is 2. The zero-order valence-electron chi connectivity index (χ0n) is 16.2. The molecule has 0 atom stereocenters. The van der Waals surface area contributed by atoms with Gasteiger partial charge in [-0.2, -0.15) is 0 Å². The summed E-state index contributed by atoms with van der Waals surface area (Å²) >= 11 is 0. The van der Waals surface area contributed by atoms with Gasteiger partial charge in [0.15, 0.2) is 5.78 Å². The SMILES string of the molecule is CCOc1ccc(C(=O)CN2CCC(NC(=O)OC(C)(C)C)CC2)cc1. The number of hydrogen-bond acceptors (Lipinski definition) is 5. The van der Waals surface area contributed by atoms with Crippen LogP contribution in [0.1, 0.15) is 50.9 Å². The van der Waals surface area contributed by atoms with E-state index in [0.29, 0.717) is 18.7 Å². The second-order valence-electron chi connectivity index (χ2n) is 7.58. The lowest BCUT2D eigenvalue weighted by atomic mass is 10.0. The second-order valence-corrected chi connectivity index (χ2v) is 7.58. The number of likely N-dealkylation sites (tertiary alicyclic amines) is 1. The predicted octanol–water partition coefficient (Wildman–Crippen LogP) is 3.26. The van der Waals surface area contributed by atoms with Crippen LogP contribution in [0.4, 0.5) is 4.79 Å². The predicted molar refractivity (Wildman–Crippen MR) is 101 cm³/mol. The smallest absolute Gasteiger partial charge is 0.407 e.